The summed E-state index contributed by atoms with van der Waals surface area (Å²) >= 11 is 0. The Morgan fingerprint density at radius 1 is 1.41 bits per heavy atom. The number of carbonyl (C=O) groups excluding carboxylic acids is 1. The molecule has 2 N–H and O–H groups in total. The monoisotopic (exact) mass is 367 g/mol. The van der Waals surface area contributed by atoms with Gasteiger partial charge < -0.3 is 19.9 Å². The molecule has 7 nitrogen and oxygen atoms in total. The van der Waals surface area contributed by atoms with E-state index in [9.17, 15) is 4.79 Å². The predicted molar refractivity (Wildman–Crippen MR) is 105 cm³/mol. The van der Waals surface area contributed by atoms with Crippen molar-refractivity contribution in [1.29, 1.82) is 0 Å². The van der Waals surface area contributed by atoms with Crippen LogP contribution in [-0.2, 0) is 11.3 Å². The molecule has 1 saturated carbocycles. The molecule has 142 valence electrons. The van der Waals surface area contributed by atoms with E-state index in [2.05, 4.69) is 31.2 Å². The number of allylic oxidation sites excluding steroid dienone is 1. The Morgan fingerprint density at radius 2 is 2.22 bits per heavy atom. The zero-order chi connectivity index (χ0) is 19.0. The Bertz CT molecular complexity index is 953. The van der Waals surface area contributed by atoms with Crippen LogP contribution in [-0.4, -0.2) is 41.7 Å². The standard InChI is InChI=1S/C20H25N5O2/c1-12-6-17-18(21-7-12)15(19(26)22-8-14-4-5-14)9-25(17)10-16-13(2)20(27-3)24-11-23-16/h6-7,9,14,23H,4-5,8,10-11H2,1-3H3,(H,22,26). The summed E-state index contributed by atoms with van der Waals surface area (Å²) in [5, 5.41) is 6.37. The molecule has 0 saturated heterocycles. The third-order valence-electron chi connectivity index (χ3n) is 5.16. The minimum atomic E-state index is -0.0524. The van der Waals surface area contributed by atoms with Crippen LogP contribution in [0, 0.1) is 12.8 Å². The highest BCUT2D eigenvalue weighted by Gasteiger charge is 2.24. The van der Waals surface area contributed by atoms with Gasteiger partial charge in [-0.3, -0.25) is 9.78 Å². The van der Waals surface area contributed by atoms with Gasteiger partial charge in [0.2, 0.25) is 5.90 Å². The third kappa shape index (κ3) is 3.54. The molecule has 0 atom stereocenters. The third-order valence-corrected chi connectivity index (χ3v) is 5.16. The molecule has 1 aliphatic heterocycles. The lowest BCUT2D eigenvalue weighted by Gasteiger charge is -2.20. The Kier molecular flexibility index (Phi) is 4.59. The number of fused-ring (bicyclic) bond motifs is 1. The first-order chi connectivity index (χ1) is 13.1. The first-order valence-corrected chi connectivity index (χ1v) is 9.33. The van der Waals surface area contributed by atoms with Crippen LogP contribution in [0.1, 0.15) is 35.7 Å². The second kappa shape index (κ2) is 7.06. The van der Waals surface area contributed by atoms with Crippen molar-refractivity contribution in [2.45, 2.75) is 33.2 Å². The van der Waals surface area contributed by atoms with Crippen LogP contribution in [0.5, 0.6) is 0 Å². The highest BCUT2D eigenvalue weighted by molar-refractivity contribution is 6.05. The summed E-state index contributed by atoms with van der Waals surface area (Å²) in [5.41, 5.74) is 5.39. The van der Waals surface area contributed by atoms with Crippen molar-refractivity contribution >= 4 is 22.8 Å². The van der Waals surface area contributed by atoms with Gasteiger partial charge in [-0.05, 0) is 44.2 Å². The topological polar surface area (TPSA) is 80.5 Å². The number of hydrogen-bond acceptors (Lipinski definition) is 5. The summed E-state index contributed by atoms with van der Waals surface area (Å²) in [4.78, 5) is 21.6. The van der Waals surface area contributed by atoms with Gasteiger partial charge in [-0.1, -0.05) is 0 Å². The Hall–Kier alpha value is -2.83. The quantitative estimate of drug-likeness (QED) is 0.850. The van der Waals surface area contributed by atoms with Crippen molar-refractivity contribution in [3.63, 3.8) is 0 Å². The number of carbonyl (C=O) groups is 1. The molecule has 0 bridgehead atoms. The number of aromatic nitrogens is 2. The first-order valence-electron chi connectivity index (χ1n) is 9.33. The molecule has 0 spiro atoms. The number of pyridine rings is 1. The van der Waals surface area contributed by atoms with Crippen LogP contribution in [0.3, 0.4) is 0 Å². The van der Waals surface area contributed by atoms with E-state index in [0.717, 1.165) is 34.4 Å². The van der Waals surface area contributed by atoms with Crippen molar-refractivity contribution in [3.8, 4) is 0 Å². The second-order valence-corrected chi connectivity index (χ2v) is 7.31. The van der Waals surface area contributed by atoms with Crippen LogP contribution < -0.4 is 10.6 Å². The number of aliphatic imine (C=N–C) groups is 1. The smallest absolute Gasteiger partial charge is 0.255 e. The lowest BCUT2D eigenvalue weighted by Crippen LogP contribution is -2.27. The highest BCUT2D eigenvalue weighted by Crippen LogP contribution is 2.28. The van der Waals surface area contributed by atoms with Crippen molar-refractivity contribution in [2.24, 2.45) is 10.9 Å². The summed E-state index contributed by atoms with van der Waals surface area (Å²) < 4.78 is 7.42. The molecule has 3 heterocycles. The van der Waals surface area contributed by atoms with E-state index < -0.39 is 0 Å². The van der Waals surface area contributed by atoms with Crippen molar-refractivity contribution in [3.05, 3.63) is 40.9 Å². The minimum absolute atomic E-state index is 0.0524. The van der Waals surface area contributed by atoms with E-state index in [1.54, 1.807) is 7.11 Å². The fourth-order valence-electron chi connectivity index (χ4n) is 3.37. The minimum Gasteiger partial charge on any atom is -0.481 e. The van der Waals surface area contributed by atoms with Crippen LogP contribution >= 0.6 is 0 Å². The molecule has 2 aromatic heterocycles. The molecule has 0 radical (unpaired) electrons. The number of nitrogens with zero attached hydrogens (tertiary/aromatic N) is 3. The molecule has 4 rings (SSSR count). The zero-order valence-electron chi connectivity index (χ0n) is 16.0. The molecular formula is C20H25N5O2. The summed E-state index contributed by atoms with van der Waals surface area (Å²) in [6, 6.07) is 2.07. The molecule has 1 amide bonds. The Morgan fingerprint density at radius 3 is 2.96 bits per heavy atom. The van der Waals surface area contributed by atoms with Crippen molar-refractivity contribution in [2.75, 3.05) is 20.3 Å². The first kappa shape index (κ1) is 17.6. The van der Waals surface area contributed by atoms with Gasteiger partial charge in [-0.25, -0.2) is 4.99 Å². The number of nitrogens with one attached hydrogen (secondary N) is 2. The van der Waals surface area contributed by atoms with Crippen LogP contribution in [0.2, 0.25) is 0 Å². The van der Waals surface area contributed by atoms with Gasteiger partial charge in [0.1, 0.15) is 12.2 Å². The summed E-state index contributed by atoms with van der Waals surface area (Å²) in [7, 11) is 1.63. The lowest BCUT2D eigenvalue weighted by molar-refractivity contribution is 0.0953. The van der Waals surface area contributed by atoms with E-state index >= 15 is 0 Å². The normalized spacial score (nSPS) is 16.9. The number of hydrogen-bond donors (Lipinski definition) is 2. The maximum absolute atomic E-state index is 12.7. The Balaban J connectivity index is 1.68. The molecular weight excluding hydrogens is 342 g/mol. The van der Waals surface area contributed by atoms with E-state index in [0.29, 0.717) is 30.6 Å². The molecule has 0 aromatic carbocycles. The number of amides is 1. The number of aryl methyl sites for hydroxylation is 1. The molecule has 1 aliphatic carbocycles. The van der Waals surface area contributed by atoms with Crippen LogP contribution in [0.15, 0.2) is 34.7 Å². The predicted octanol–water partition coefficient (Wildman–Crippen LogP) is 2.36. The molecule has 2 aliphatic rings. The second-order valence-electron chi connectivity index (χ2n) is 7.31. The average Bonchev–Trinajstić information content (AvgIpc) is 3.43. The fraction of sp³-hybridized carbons (Fsp3) is 0.450. The van der Waals surface area contributed by atoms with Gasteiger partial charge in [0.05, 0.1) is 24.7 Å². The number of ether oxygens (including phenoxy) is 1. The van der Waals surface area contributed by atoms with Crippen LogP contribution in [0.4, 0.5) is 0 Å². The van der Waals surface area contributed by atoms with Crippen molar-refractivity contribution < 1.29 is 9.53 Å². The SMILES string of the molecule is COC1=NCNC(Cn2cc(C(=O)NCC3CC3)c3ncc(C)cc32)=C1C. The summed E-state index contributed by atoms with van der Waals surface area (Å²) in [5.74, 6) is 1.24. The van der Waals surface area contributed by atoms with E-state index in [1.165, 1.54) is 12.8 Å². The van der Waals surface area contributed by atoms with E-state index in [4.69, 9.17) is 4.74 Å². The van der Waals surface area contributed by atoms with Gasteiger partial charge in [0.15, 0.2) is 0 Å². The van der Waals surface area contributed by atoms with Gasteiger partial charge in [-0.2, -0.15) is 0 Å². The van der Waals surface area contributed by atoms with E-state index in [-0.39, 0.29) is 5.91 Å². The molecule has 7 heteroatoms. The maximum atomic E-state index is 12.7. The maximum Gasteiger partial charge on any atom is 0.255 e. The van der Waals surface area contributed by atoms with Crippen LogP contribution in [0.25, 0.3) is 11.0 Å². The molecule has 1 fully saturated rings. The summed E-state index contributed by atoms with van der Waals surface area (Å²) in [6.07, 6.45) is 6.13. The van der Waals surface area contributed by atoms with Gasteiger partial charge in [0, 0.05) is 30.2 Å². The van der Waals surface area contributed by atoms with Crippen molar-refractivity contribution in [1.82, 2.24) is 20.2 Å². The Labute approximate surface area is 158 Å². The zero-order valence-corrected chi connectivity index (χ0v) is 16.0. The lowest BCUT2D eigenvalue weighted by atomic mass is 10.2. The largest absolute Gasteiger partial charge is 0.481 e. The highest BCUT2D eigenvalue weighted by atomic mass is 16.5. The van der Waals surface area contributed by atoms with Gasteiger partial charge >= 0.3 is 0 Å². The van der Waals surface area contributed by atoms with Gasteiger partial charge in [-0.15, -0.1) is 0 Å². The van der Waals surface area contributed by atoms with E-state index in [1.807, 2.05) is 26.2 Å². The number of rotatable bonds is 5. The molecule has 27 heavy (non-hydrogen) atoms. The molecule has 0 unspecified atom stereocenters. The summed E-state index contributed by atoms with van der Waals surface area (Å²) in [6.45, 7) is 5.83. The molecule has 2 aromatic rings. The van der Waals surface area contributed by atoms with Gasteiger partial charge in [0.25, 0.3) is 5.91 Å². The average molecular weight is 367 g/mol. The number of methoxy groups -OCH3 is 1. The fourth-order valence-corrected chi connectivity index (χ4v) is 3.37.